The lowest BCUT2D eigenvalue weighted by molar-refractivity contribution is -0.148. The Morgan fingerprint density at radius 1 is 1.33 bits per heavy atom. The van der Waals surface area contributed by atoms with Gasteiger partial charge in [-0.2, -0.15) is 0 Å². The van der Waals surface area contributed by atoms with E-state index < -0.39 is 0 Å². The van der Waals surface area contributed by atoms with E-state index in [-0.39, 0.29) is 24.2 Å². The van der Waals surface area contributed by atoms with Crippen molar-refractivity contribution in [3.8, 4) is 0 Å². The van der Waals surface area contributed by atoms with Crippen molar-refractivity contribution in [3.05, 3.63) is 34.5 Å². The van der Waals surface area contributed by atoms with E-state index in [0.29, 0.717) is 31.0 Å². The molecule has 0 bridgehead atoms. The van der Waals surface area contributed by atoms with Crippen LogP contribution in [0.15, 0.2) is 22.8 Å². The third-order valence-electron chi connectivity index (χ3n) is 4.66. The van der Waals surface area contributed by atoms with E-state index in [2.05, 4.69) is 0 Å². The second-order valence-electron chi connectivity index (χ2n) is 6.21. The molecule has 1 aliphatic rings. The number of hydrogen-bond donors (Lipinski definition) is 0. The molecule has 1 aromatic heterocycles. The summed E-state index contributed by atoms with van der Waals surface area (Å²) in [5.41, 5.74) is 2.53. The van der Waals surface area contributed by atoms with Gasteiger partial charge in [0.2, 0.25) is 5.91 Å². The molecule has 6 heteroatoms. The lowest BCUT2D eigenvalue weighted by Crippen LogP contribution is -2.41. The van der Waals surface area contributed by atoms with Crippen LogP contribution >= 0.6 is 11.6 Å². The molecule has 0 radical (unpaired) electrons. The van der Waals surface area contributed by atoms with E-state index in [0.717, 1.165) is 22.1 Å². The van der Waals surface area contributed by atoms with Crippen molar-refractivity contribution in [1.82, 2.24) is 4.90 Å². The van der Waals surface area contributed by atoms with Crippen LogP contribution in [0.1, 0.15) is 24.0 Å². The summed E-state index contributed by atoms with van der Waals surface area (Å²) >= 11 is 6.18. The fraction of sp³-hybridized carbons (Fsp3) is 0.444. The highest BCUT2D eigenvalue weighted by molar-refractivity contribution is 6.32. The molecule has 1 amide bonds. The quantitative estimate of drug-likeness (QED) is 0.797. The number of likely N-dealkylation sites (tertiary alicyclic amines) is 1. The number of ether oxygens (including phenoxy) is 1. The third-order valence-corrected chi connectivity index (χ3v) is 5.07. The first-order valence-electron chi connectivity index (χ1n) is 8.01. The molecule has 0 N–H and O–H groups in total. The molecule has 5 nitrogen and oxygen atoms in total. The standard InChI is InChI=1S/C18H20ClNO4/c1-11-7-16-14(9-15(11)19)13(10-24-16)8-17(21)20-5-3-12(4-6-20)18(22)23-2/h7,9-10,12H,3-6,8H2,1-2H3. The van der Waals surface area contributed by atoms with E-state index in [1.165, 1.54) is 7.11 Å². The van der Waals surface area contributed by atoms with Crippen LogP contribution in [0.2, 0.25) is 5.02 Å². The number of piperidine rings is 1. The number of halogens is 1. The van der Waals surface area contributed by atoms with Crippen LogP contribution < -0.4 is 0 Å². The normalized spacial score (nSPS) is 15.7. The Morgan fingerprint density at radius 2 is 2.04 bits per heavy atom. The molecule has 0 unspecified atom stereocenters. The molecule has 1 aliphatic heterocycles. The molecule has 1 aromatic carbocycles. The smallest absolute Gasteiger partial charge is 0.308 e. The Bertz CT molecular complexity index is 775. The summed E-state index contributed by atoms with van der Waals surface area (Å²) in [4.78, 5) is 25.9. The van der Waals surface area contributed by atoms with Gasteiger partial charge >= 0.3 is 5.97 Å². The first-order valence-corrected chi connectivity index (χ1v) is 8.39. The molecule has 0 aliphatic carbocycles. The van der Waals surface area contributed by atoms with E-state index in [1.54, 1.807) is 11.2 Å². The van der Waals surface area contributed by atoms with Gasteiger partial charge in [-0.25, -0.2) is 0 Å². The maximum atomic E-state index is 12.5. The maximum absolute atomic E-state index is 12.5. The van der Waals surface area contributed by atoms with E-state index in [9.17, 15) is 9.59 Å². The number of aryl methyl sites for hydroxylation is 1. The molecule has 3 rings (SSSR count). The zero-order chi connectivity index (χ0) is 17.3. The van der Waals surface area contributed by atoms with Crippen LogP contribution in [-0.2, 0) is 20.7 Å². The average molecular weight is 350 g/mol. The number of hydrogen-bond acceptors (Lipinski definition) is 4. The van der Waals surface area contributed by atoms with Gasteiger partial charge in [0.25, 0.3) is 0 Å². The number of nitrogens with zero attached hydrogens (tertiary/aromatic N) is 1. The first kappa shape index (κ1) is 16.8. The van der Waals surface area contributed by atoms with Crippen molar-refractivity contribution >= 4 is 34.4 Å². The molecule has 24 heavy (non-hydrogen) atoms. The molecule has 128 valence electrons. The van der Waals surface area contributed by atoms with Crippen molar-refractivity contribution < 1.29 is 18.7 Å². The Kier molecular flexibility index (Phi) is 4.81. The van der Waals surface area contributed by atoms with Gasteiger partial charge < -0.3 is 14.1 Å². The van der Waals surface area contributed by atoms with Gasteiger partial charge in [-0.1, -0.05) is 11.6 Å². The van der Waals surface area contributed by atoms with E-state index in [4.69, 9.17) is 20.8 Å². The van der Waals surface area contributed by atoms with E-state index in [1.807, 2.05) is 19.1 Å². The van der Waals surface area contributed by atoms with Crippen LogP contribution in [0.25, 0.3) is 11.0 Å². The average Bonchev–Trinajstić information content (AvgIpc) is 2.96. The minimum absolute atomic E-state index is 0.0395. The Balaban J connectivity index is 1.68. The zero-order valence-electron chi connectivity index (χ0n) is 13.8. The van der Waals surface area contributed by atoms with Crippen molar-refractivity contribution in [2.45, 2.75) is 26.2 Å². The van der Waals surface area contributed by atoms with Crippen LogP contribution in [0, 0.1) is 12.8 Å². The number of esters is 1. The van der Waals surface area contributed by atoms with Gasteiger partial charge in [0.1, 0.15) is 5.58 Å². The summed E-state index contributed by atoms with van der Waals surface area (Å²) in [6, 6.07) is 3.73. The highest BCUT2D eigenvalue weighted by Crippen LogP contribution is 2.28. The minimum Gasteiger partial charge on any atom is -0.469 e. The summed E-state index contributed by atoms with van der Waals surface area (Å²) in [6.07, 6.45) is 3.19. The van der Waals surface area contributed by atoms with Gasteiger partial charge in [0.15, 0.2) is 0 Å². The van der Waals surface area contributed by atoms with Crippen molar-refractivity contribution in [2.24, 2.45) is 5.92 Å². The van der Waals surface area contributed by atoms with Crippen molar-refractivity contribution in [3.63, 3.8) is 0 Å². The number of methoxy groups -OCH3 is 1. The predicted molar refractivity (Wildman–Crippen MR) is 91.0 cm³/mol. The SMILES string of the molecule is COC(=O)C1CCN(C(=O)Cc2coc3cc(C)c(Cl)cc23)CC1. The van der Waals surface area contributed by atoms with Gasteiger partial charge in [-0.05, 0) is 37.5 Å². The van der Waals surface area contributed by atoms with E-state index >= 15 is 0 Å². The van der Waals surface area contributed by atoms with Crippen LogP contribution in [-0.4, -0.2) is 37.0 Å². The molecule has 0 saturated carbocycles. The van der Waals surface area contributed by atoms with Crippen molar-refractivity contribution in [1.29, 1.82) is 0 Å². The summed E-state index contributed by atoms with van der Waals surface area (Å²) in [7, 11) is 1.40. The predicted octanol–water partition coefficient (Wildman–Crippen LogP) is 3.35. The second-order valence-corrected chi connectivity index (χ2v) is 6.62. The second kappa shape index (κ2) is 6.85. The minimum atomic E-state index is -0.187. The largest absolute Gasteiger partial charge is 0.469 e. The van der Waals surface area contributed by atoms with Gasteiger partial charge in [-0.15, -0.1) is 0 Å². The lowest BCUT2D eigenvalue weighted by atomic mass is 9.96. The van der Waals surface area contributed by atoms with Crippen LogP contribution in [0.3, 0.4) is 0 Å². The fourth-order valence-electron chi connectivity index (χ4n) is 3.14. The molecule has 2 heterocycles. The monoisotopic (exact) mass is 349 g/mol. The summed E-state index contributed by atoms with van der Waals surface area (Å²) < 4.78 is 10.3. The number of benzene rings is 1. The Morgan fingerprint density at radius 3 is 2.71 bits per heavy atom. The van der Waals surface area contributed by atoms with Gasteiger partial charge in [0, 0.05) is 29.1 Å². The van der Waals surface area contributed by atoms with Crippen molar-refractivity contribution in [2.75, 3.05) is 20.2 Å². The molecule has 1 fully saturated rings. The highest BCUT2D eigenvalue weighted by Gasteiger charge is 2.28. The summed E-state index contributed by atoms with van der Waals surface area (Å²) in [5.74, 6) is -0.249. The number of amides is 1. The Hall–Kier alpha value is -2.01. The third kappa shape index (κ3) is 3.26. The molecule has 2 aromatic rings. The summed E-state index contributed by atoms with van der Waals surface area (Å²) in [6.45, 7) is 3.07. The number of carbonyl (C=O) groups excluding carboxylic acids is 2. The first-order chi connectivity index (χ1) is 11.5. The molecule has 0 spiro atoms. The Labute approximate surface area is 145 Å². The van der Waals surface area contributed by atoms with Crippen LogP contribution in [0.4, 0.5) is 0 Å². The fourth-order valence-corrected chi connectivity index (χ4v) is 3.31. The maximum Gasteiger partial charge on any atom is 0.308 e. The molecular formula is C18H20ClNO4. The zero-order valence-corrected chi connectivity index (χ0v) is 14.6. The number of fused-ring (bicyclic) bond motifs is 1. The van der Waals surface area contributed by atoms with Gasteiger partial charge in [0.05, 0.1) is 25.7 Å². The van der Waals surface area contributed by atoms with Crippen LogP contribution in [0.5, 0.6) is 0 Å². The lowest BCUT2D eigenvalue weighted by Gasteiger charge is -2.30. The highest BCUT2D eigenvalue weighted by atomic mass is 35.5. The molecule has 1 saturated heterocycles. The molecule has 0 atom stereocenters. The topological polar surface area (TPSA) is 59.8 Å². The molecular weight excluding hydrogens is 330 g/mol. The number of carbonyl (C=O) groups is 2. The summed E-state index contributed by atoms with van der Waals surface area (Å²) in [5, 5.41) is 1.54. The number of rotatable bonds is 3. The number of furan rings is 1. The van der Waals surface area contributed by atoms with Gasteiger partial charge in [-0.3, -0.25) is 9.59 Å².